The van der Waals surface area contributed by atoms with E-state index in [1.165, 1.54) is 14.0 Å². The summed E-state index contributed by atoms with van der Waals surface area (Å²) in [5.41, 5.74) is 0. The van der Waals surface area contributed by atoms with E-state index in [2.05, 4.69) is 4.74 Å². The van der Waals surface area contributed by atoms with Crippen molar-refractivity contribution in [3.8, 4) is 0 Å². The third-order valence-corrected chi connectivity index (χ3v) is 0.935. The van der Waals surface area contributed by atoms with Crippen molar-refractivity contribution in [1.29, 1.82) is 0 Å². The summed E-state index contributed by atoms with van der Waals surface area (Å²) in [4.78, 5) is 10.1. The van der Waals surface area contributed by atoms with Gasteiger partial charge in [0.05, 0.1) is 6.10 Å². The SMILES string of the molecule is CO[C@@H](C(=O)O)[C@@H](C)O. The van der Waals surface area contributed by atoms with Gasteiger partial charge >= 0.3 is 5.97 Å². The number of aliphatic hydroxyl groups is 1. The van der Waals surface area contributed by atoms with E-state index in [-0.39, 0.29) is 0 Å². The molecule has 2 N–H and O–H groups in total. The lowest BCUT2D eigenvalue weighted by Gasteiger charge is -2.11. The fourth-order valence-corrected chi connectivity index (χ4v) is 0.504. The fraction of sp³-hybridized carbons (Fsp3) is 0.800. The highest BCUT2D eigenvalue weighted by atomic mass is 16.5. The summed E-state index contributed by atoms with van der Waals surface area (Å²) in [5.74, 6) is -1.15. The van der Waals surface area contributed by atoms with Crippen molar-refractivity contribution in [3.63, 3.8) is 0 Å². The monoisotopic (exact) mass is 134 g/mol. The van der Waals surface area contributed by atoms with E-state index in [0.717, 1.165) is 0 Å². The van der Waals surface area contributed by atoms with Gasteiger partial charge in [-0.05, 0) is 6.92 Å². The van der Waals surface area contributed by atoms with Crippen molar-refractivity contribution in [2.45, 2.75) is 19.1 Å². The quantitative estimate of drug-likeness (QED) is 0.544. The molecule has 4 nitrogen and oxygen atoms in total. The fourth-order valence-electron chi connectivity index (χ4n) is 0.504. The zero-order chi connectivity index (χ0) is 7.44. The first-order chi connectivity index (χ1) is 4.09. The molecule has 2 atom stereocenters. The van der Waals surface area contributed by atoms with Crippen LogP contribution in [-0.2, 0) is 9.53 Å². The topological polar surface area (TPSA) is 66.8 Å². The first-order valence-electron chi connectivity index (χ1n) is 2.53. The minimum Gasteiger partial charge on any atom is -0.479 e. The van der Waals surface area contributed by atoms with Crippen LogP contribution in [0.2, 0.25) is 0 Å². The van der Waals surface area contributed by atoms with Crippen LogP contribution in [0.1, 0.15) is 6.92 Å². The third kappa shape index (κ3) is 2.43. The van der Waals surface area contributed by atoms with Crippen molar-refractivity contribution in [2.75, 3.05) is 7.11 Å². The molecule has 0 unspecified atom stereocenters. The second-order valence-electron chi connectivity index (χ2n) is 1.74. The lowest BCUT2D eigenvalue weighted by Crippen LogP contribution is -2.33. The highest BCUT2D eigenvalue weighted by Gasteiger charge is 2.21. The van der Waals surface area contributed by atoms with Gasteiger partial charge in [-0.2, -0.15) is 0 Å². The van der Waals surface area contributed by atoms with E-state index in [4.69, 9.17) is 10.2 Å². The van der Waals surface area contributed by atoms with Crippen LogP contribution >= 0.6 is 0 Å². The zero-order valence-corrected chi connectivity index (χ0v) is 5.37. The van der Waals surface area contributed by atoms with Crippen LogP contribution in [0.5, 0.6) is 0 Å². The number of carboxylic acids is 1. The standard InChI is InChI=1S/C5H10O4/c1-3(6)4(9-2)5(7)8/h3-4,6H,1-2H3,(H,7,8)/t3-,4-/m1/s1. The molecule has 0 radical (unpaired) electrons. The number of hydrogen-bond donors (Lipinski definition) is 2. The minimum absolute atomic E-state index is 0.965. The number of hydrogen-bond acceptors (Lipinski definition) is 3. The Kier molecular flexibility index (Phi) is 3.19. The van der Waals surface area contributed by atoms with Gasteiger partial charge in [0.2, 0.25) is 0 Å². The average Bonchev–Trinajstić information content (AvgIpc) is 1.64. The van der Waals surface area contributed by atoms with Crippen molar-refractivity contribution in [1.82, 2.24) is 0 Å². The molecule has 0 aromatic heterocycles. The molecule has 0 saturated carbocycles. The van der Waals surface area contributed by atoms with Crippen LogP contribution in [0.15, 0.2) is 0 Å². The predicted octanol–water partition coefficient (Wildman–Crippen LogP) is -0.533. The Hall–Kier alpha value is -0.610. The third-order valence-electron chi connectivity index (χ3n) is 0.935. The summed E-state index contributed by atoms with van der Waals surface area (Å²) in [6, 6.07) is 0. The summed E-state index contributed by atoms with van der Waals surface area (Å²) >= 11 is 0. The van der Waals surface area contributed by atoms with Gasteiger partial charge in [0.1, 0.15) is 0 Å². The number of ether oxygens (including phenoxy) is 1. The summed E-state index contributed by atoms with van der Waals surface area (Å²) in [6.45, 7) is 1.36. The summed E-state index contributed by atoms with van der Waals surface area (Å²) in [6.07, 6.45) is -2.07. The molecule has 54 valence electrons. The maximum Gasteiger partial charge on any atom is 0.335 e. The minimum atomic E-state index is -1.15. The Balaban J connectivity index is 3.83. The predicted molar refractivity (Wildman–Crippen MR) is 30.1 cm³/mol. The van der Waals surface area contributed by atoms with E-state index < -0.39 is 18.2 Å². The van der Waals surface area contributed by atoms with Gasteiger partial charge < -0.3 is 14.9 Å². The Morgan fingerprint density at radius 2 is 2.11 bits per heavy atom. The second-order valence-corrected chi connectivity index (χ2v) is 1.74. The summed E-state index contributed by atoms with van der Waals surface area (Å²) < 4.78 is 4.42. The molecule has 0 aliphatic rings. The first-order valence-corrected chi connectivity index (χ1v) is 2.53. The number of carbonyl (C=O) groups is 1. The largest absolute Gasteiger partial charge is 0.479 e. The van der Waals surface area contributed by atoms with Gasteiger partial charge in [0.15, 0.2) is 6.10 Å². The van der Waals surface area contributed by atoms with Crippen LogP contribution < -0.4 is 0 Å². The zero-order valence-electron chi connectivity index (χ0n) is 5.37. The molecule has 0 heterocycles. The van der Waals surface area contributed by atoms with Crippen molar-refractivity contribution in [3.05, 3.63) is 0 Å². The smallest absolute Gasteiger partial charge is 0.335 e. The molecule has 9 heavy (non-hydrogen) atoms. The van der Waals surface area contributed by atoms with Gasteiger partial charge in [-0.3, -0.25) is 0 Å². The van der Waals surface area contributed by atoms with Crippen LogP contribution in [-0.4, -0.2) is 35.5 Å². The molecule has 0 aromatic rings. The maximum absolute atomic E-state index is 10.1. The van der Waals surface area contributed by atoms with Gasteiger partial charge in [0, 0.05) is 7.11 Å². The Morgan fingerprint density at radius 3 is 2.11 bits per heavy atom. The van der Waals surface area contributed by atoms with Crippen molar-refractivity contribution in [2.24, 2.45) is 0 Å². The van der Waals surface area contributed by atoms with Crippen LogP contribution in [0, 0.1) is 0 Å². The number of rotatable bonds is 3. The second kappa shape index (κ2) is 3.42. The number of carboxylic acid groups (broad SMARTS) is 1. The molecular formula is C5H10O4. The molecule has 4 heteroatoms. The molecule has 0 saturated heterocycles. The molecule has 0 spiro atoms. The van der Waals surface area contributed by atoms with E-state index in [0.29, 0.717) is 0 Å². The molecule has 0 rings (SSSR count). The Morgan fingerprint density at radius 1 is 1.67 bits per heavy atom. The van der Waals surface area contributed by atoms with E-state index in [9.17, 15) is 4.79 Å². The number of aliphatic carboxylic acids is 1. The molecule has 0 aliphatic carbocycles. The summed E-state index contributed by atoms with van der Waals surface area (Å²) in [7, 11) is 1.24. The number of aliphatic hydroxyl groups excluding tert-OH is 1. The highest BCUT2D eigenvalue weighted by Crippen LogP contribution is 1.95. The first kappa shape index (κ1) is 8.39. The van der Waals surface area contributed by atoms with Crippen LogP contribution in [0.4, 0.5) is 0 Å². The van der Waals surface area contributed by atoms with Crippen LogP contribution in [0.3, 0.4) is 0 Å². The van der Waals surface area contributed by atoms with E-state index >= 15 is 0 Å². The lowest BCUT2D eigenvalue weighted by molar-refractivity contribution is -0.154. The Labute approximate surface area is 53.1 Å². The maximum atomic E-state index is 10.1. The lowest BCUT2D eigenvalue weighted by atomic mass is 10.2. The van der Waals surface area contributed by atoms with E-state index in [1.807, 2.05) is 0 Å². The summed E-state index contributed by atoms with van der Waals surface area (Å²) in [5, 5.41) is 16.9. The van der Waals surface area contributed by atoms with Crippen molar-refractivity contribution >= 4 is 5.97 Å². The van der Waals surface area contributed by atoms with Gasteiger partial charge in [0.25, 0.3) is 0 Å². The Bertz CT molecular complexity index is 99.1. The molecule has 0 amide bonds. The van der Waals surface area contributed by atoms with E-state index in [1.54, 1.807) is 0 Å². The number of methoxy groups -OCH3 is 1. The molecule has 0 bridgehead atoms. The molecule has 0 aliphatic heterocycles. The highest BCUT2D eigenvalue weighted by molar-refractivity contribution is 5.72. The molecular weight excluding hydrogens is 124 g/mol. The van der Waals surface area contributed by atoms with Crippen LogP contribution in [0.25, 0.3) is 0 Å². The average molecular weight is 134 g/mol. The van der Waals surface area contributed by atoms with Gasteiger partial charge in [-0.15, -0.1) is 0 Å². The normalized spacial score (nSPS) is 16.8. The van der Waals surface area contributed by atoms with Gasteiger partial charge in [-0.1, -0.05) is 0 Å². The van der Waals surface area contributed by atoms with Gasteiger partial charge in [-0.25, -0.2) is 4.79 Å². The van der Waals surface area contributed by atoms with Crippen molar-refractivity contribution < 1.29 is 19.7 Å². The molecule has 0 aromatic carbocycles. The molecule has 0 fully saturated rings.